The summed E-state index contributed by atoms with van der Waals surface area (Å²) in [6, 6.07) is 13.2. The van der Waals surface area contributed by atoms with Gasteiger partial charge in [0.1, 0.15) is 5.82 Å². The summed E-state index contributed by atoms with van der Waals surface area (Å²) in [5.74, 6) is 1.13. The highest BCUT2D eigenvalue weighted by molar-refractivity contribution is 5.98. The topological polar surface area (TPSA) is 23.6 Å². The summed E-state index contributed by atoms with van der Waals surface area (Å²) in [5, 5.41) is 0. The zero-order valence-corrected chi connectivity index (χ0v) is 18.1. The van der Waals surface area contributed by atoms with Crippen LogP contribution in [-0.4, -0.2) is 48.4 Å². The Morgan fingerprint density at radius 2 is 1.81 bits per heavy atom. The standard InChI is InChI=1S/C27H31FN2O/c28-24-10-8-21(9-11-24)22-13-15-29(16-14-22)18-20-12-17-30(19-20)27(31)26-7-3-5-23-4-1-2-6-25(23)26/h2-3,5-11,20,22H,1,4,12-19H2. The van der Waals surface area contributed by atoms with Gasteiger partial charge < -0.3 is 9.80 Å². The summed E-state index contributed by atoms with van der Waals surface area (Å²) in [6.07, 6.45) is 9.76. The van der Waals surface area contributed by atoms with Crippen LogP contribution in [0.15, 0.2) is 48.5 Å². The van der Waals surface area contributed by atoms with Crippen LogP contribution in [0.2, 0.25) is 0 Å². The summed E-state index contributed by atoms with van der Waals surface area (Å²) in [4.78, 5) is 17.9. The van der Waals surface area contributed by atoms with Gasteiger partial charge in [0.25, 0.3) is 5.91 Å². The first kappa shape index (κ1) is 20.4. The molecule has 1 amide bonds. The molecule has 162 valence electrons. The molecule has 3 aliphatic rings. The van der Waals surface area contributed by atoms with E-state index in [9.17, 15) is 9.18 Å². The van der Waals surface area contributed by atoms with Crippen molar-refractivity contribution >= 4 is 12.0 Å². The smallest absolute Gasteiger partial charge is 0.254 e. The van der Waals surface area contributed by atoms with Crippen molar-refractivity contribution in [1.82, 2.24) is 9.80 Å². The van der Waals surface area contributed by atoms with Gasteiger partial charge in [-0.1, -0.05) is 36.4 Å². The summed E-state index contributed by atoms with van der Waals surface area (Å²) in [6.45, 7) is 4.98. The number of rotatable bonds is 4. The zero-order valence-electron chi connectivity index (χ0n) is 18.1. The number of fused-ring (bicyclic) bond motifs is 1. The summed E-state index contributed by atoms with van der Waals surface area (Å²) in [5.41, 5.74) is 4.56. The highest BCUT2D eigenvalue weighted by Gasteiger charge is 2.30. The number of hydrogen-bond acceptors (Lipinski definition) is 2. The van der Waals surface area contributed by atoms with Crippen LogP contribution >= 0.6 is 0 Å². The Morgan fingerprint density at radius 1 is 1.00 bits per heavy atom. The zero-order chi connectivity index (χ0) is 21.2. The molecule has 4 heteroatoms. The average molecular weight is 419 g/mol. The van der Waals surface area contributed by atoms with E-state index in [0.29, 0.717) is 11.8 Å². The van der Waals surface area contributed by atoms with Crippen molar-refractivity contribution in [3.63, 3.8) is 0 Å². The van der Waals surface area contributed by atoms with Gasteiger partial charge in [0.15, 0.2) is 0 Å². The van der Waals surface area contributed by atoms with Crippen molar-refractivity contribution in [1.29, 1.82) is 0 Å². The van der Waals surface area contributed by atoms with Crippen molar-refractivity contribution < 1.29 is 9.18 Å². The van der Waals surface area contributed by atoms with E-state index in [2.05, 4.69) is 28.0 Å². The Morgan fingerprint density at radius 3 is 2.61 bits per heavy atom. The van der Waals surface area contributed by atoms with Crippen molar-refractivity contribution in [2.75, 3.05) is 32.7 Å². The molecule has 5 rings (SSSR count). The van der Waals surface area contributed by atoms with Crippen LogP contribution in [0.25, 0.3) is 6.08 Å². The number of likely N-dealkylation sites (tertiary alicyclic amines) is 2. The highest BCUT2D eigenvalue weighted by Crippen LogP contribution is 2.30. The van der Waals surface area contributed by atoms with E-state index in [1.165, 1.54) is 11.1 Å². The molecule has 0 aromatic heterocycles. The van der Waals surface area contributed by atoms with E-state index in [1.807, 2.05) is 24.3 Å². The predicted molar refractivity (Wildman–Crippen MR) is 123 cm³/mol. The van der Waals surface area contributed by atoms with Crippen LogP contribution in [-0.2, 0) is 6.42 Å². The average Bonchev–Trinajstić information content (AvgIpc) is 3.28. The third-order valence-electron chi connectivity index (χ3n) is 7.31. The molecule has 0 saturated carbocycles. The quantitative estimate of drug-likeness (QED) is 0.687. The third kappa shape index (κ3) is 4.45. The molecule has 1 aliphatic carbocycles. The molecule has 2 aromatic rings. The Bertz CT molecular complexity index is 960. The Balaban J connectivity index is 1.15. The molecular weight excluding hydrogens is 387 g/mol. The van der Waals surface area contributed by atoms with Crippen molar-refractivity contribution in [2.24, 2.45) is 5.92 Å². The van der Waals surface area contributed by atoms with E-state index in [-0.39, 0.29) is 11.7 Å². The van der Waals surface area contributed by atoms with E-state index in [1.54, 1.807) is 12.1 Å². The summed E-state index contributed by atoms with van der Waals surface area (Å²) >= 11 is 0. The van der Waals surface area contributed by atoms with Gasteiger partial charge in [-0.15, -0.1) is 0 Å². The van der Waals surface area contributed by atoms with Crippen molar-refractivity contribution in [3.8, 4) is 0 Å². The lowest BCUT2D eigenvalue weighted by molar-refractivity contribution is 0.0781. The molecule has 0 bridgehead atoms. The molecule has 2 aliphatic heterocycles. The number of carbonyl (C=O) groups is 1. The lowest BCUT2D eigenvalue weighted by Gasteiger charge is -2.33. The number of carbonyl (C=O) groups excluding carboxylic acids is 1. The number of hydrogen-bond donors (Lipinski definition) is 0. The molecule has 0 radical (unpaired) electrons. The second-order valence-electron chi connectivity index (χ2n) is 9.35. The Kier molecular flexibility index (Phi) is 5.91. The maximum absolute atomic E-state index is 13.2. The van der Waals surface area contributed by atoms with Gasteiger partial charge in [0.2, 0.25) is 0 Å². The molecule has 2 fully saturated rings. The SMILES string of the molecule is O=C(c1cccc2c1C=CCC2)N1CCC(CN2CCC(c3ccc(F)cc3)CC2)C1. The lowest BCUT2D eigenvalue weighted by Crippen LogP contribution is -2.38. The Hall–Kier alpha value is -2.46. The number of allylic oxidation sites excluding steroid dienone is 1. The monoisotopic (exact) mass is 418 g/mol. The van der Waals surface area contributed by atoms with Crippen LogP contribution in [0.5, 0.6) is 0 Å². The van der Waals surface area contributed by atoms with Crippen molar-refractivity contribution in [2.45, 2.75) is 38.0 Å². The predicted octanol–water partition coefficient (Wildman–Crippen LogP) is 5.13. The van der Waals surface area contributed by atoms with Crippen LogP contribution in [0.3, 0.4) is 0 Å². The van der Waals surface area contributed by atoms with Crippen LogP contribution in [0.4, 0.5) is 4.39 Å². The molecule has 31 heavy (non-hydrogen) atoms. The number of aryl methyl sites for hydroxylation is 1. The molecule has 0 N–H and O–H groups in total. The summed E-state index contributed by atoms with van der Waals surface area (Å²) < 4.78 is 13.2. The van der Waals surface area contributed by atoms with E-state index in [4.69, 9.17) is 0 Å². The first-order chi connectivity index (χ1) is 15.2. The fourth-order valence-electron chi connectivity index (χ4n) is 5.54. The fraction of sp³-hybridized carbons (Fsp3) is 0.444. The van der Waals surface area contributed by atoms with Gasteiger partial charge in [0.05, 0.1) is 0 Å². The number of amides is 1. The number of halogens is 1. The molecule has 0 spiro atoms. The first-order valence-corrected chi connectivity index (χ1v) is 11.7. The van der Waals surface area contributed by atoms with Gasteiger partial charge >= 0.3 is 0 Å². The molecule has 2 aromatic carbocycles. The maximum Gasteiger partial charge on any atom is 0.254 e. The van der Waals surface area contributed by atoms with E-state index in [0.717, 1.165) is 76.0 Å². The van der Waals surface area contributed by atoms with E-state index < -0.39 is 0 Å². The molecular formula is C27H31FN2O. The number of benzene rings is 2. The lowest BCUT2D eigenvalue weighted by atomic mass is 9.89. The molecule has 2 heterocycles. The second kappa shape index (κ2) is 8.96. The molecule has 3 nitrogen and oxygen atoms in total. The van der Waals surface area contributed by atoms with Crippen LogP contribution < -0.4 is 0 Å². The van der Waals surface area contributed by atoms with Gasteiger partial charge in [-0.3, -0.25) is 4.79 Å². The second-order valence-corrected chi connectivity index (χ2v) is 9.35. The molecule has 2 saturated heterocycles. The van der Waals surface area contributed by atoms with E-state index >= 15 is 0 Å². The normalized spacial score (nSPS) is 22.0. The molecule has 1 atom stereocenters. The number of nitrogens with zero attached hydrogens (tertiary/aromatic N) is 2. The maximum atomic E-state index is 13.2. The minimum Gasteiger partial charge on any atom is -0.338 e. The van der Waals surface area contributed by atoms with Crippen molar-refractivity contribution in [3.05, 3.63) is 76.6 Å². The van der Waals surface area contributed by atoms with Gasteiger partial charge in [-0.05, 0) is 91.9 Å². The highest BCUT2D eigenvalue weighted by atomic mass is 19.1. The minimum absolute atomic E-state index is 0.159. The van der Waals surface area contributed by atoms with Gasteiger partial charge in [0, 0.05) is 25.2 Å². The van der Waals surface area contributed by atoms with Gasteiger partial charge in [-0.2, -0.15) is 0 Å². The number of piperidine rings is 1. The fourth-order valence-corrected chi connectivity index (χ4v) is 5.54. The van der Waals surface area contributed by atoms with Gasteiger partial charge in [-0.25, -0.2) is 4.39 Å². The Labute approximate surface area is 184 Å². The van der Waals surface area contributed by atoms with Crippen LogP contribution in [0.1, 0.15) is 58.6 Å². The third-order valence-corrected chi connectivity index (χ3v) is 7.31. The molecule has 1 unspecified atom stereocenters. The largest absolute Gasteiger partial charge is 0.338 e. The van der Waals surface area contributed by atoms with Crippen LogP contribution in [0, 0.1) is 11.7 Å². The summed E-state index contributed by atoms with van der Waals surface area (Å²) in [7, 11) is 0. The first-order valence-electron chi connectivity index (χ1n) is 11.7. The minimum atomic E-state index is -0.159.